The fourth-order valence-electron chi connectivity index (χ4n) is 2.03. The van der Waals surface area contributed by atoms with Crippen molar-refractivity contribution >= 4 is 39.2 Å². The second kappa shape index (κ2) is 7.16. The SMILES string of the molecule is CC(C)(CNC(=O)Nc1ccccc1Br)c1ccc(Cl)cc1. The number of para-hydroxylation sites is 1. The van der Waals surface area contributed by atoms with E-state index in [1.807, 2.05) is 48.5 Å². The molecule has 0 unspecified atom stereocenters. The molecule has 116 valence electrons. The standard InChI is InChI=1S/C17H18BrClN2O/c1-17(2,12-7-9-13(19)10-8-12)11-20-16(22)21-15-6-4-3-5-14(15)18/h3-10H,11H2,1-2H3,(H2,20,21,22). The minimum atomic E-state index is -0.228. The highest BCUT2D eigenvalue weighted by Crippen LogP contribution is 2.24. The fourth-order valence-corrected chi connectivity index (χ4v) is 2.54. The molecule has 2 aromatic carbocycles. The Morgan fingerprint density at radius 2 is 1.77 bits per heavy atom. The topological polar surface area (TPSA) is 41.1 Å². The molecule has 5 heteroatoms. The molecule has 22 heavy (non-hydrogen) atoms. The molecule has 0 fully saturated rings. The number of carbonyl (C=O) groups excluding carboxylic acids is 1. The zero-order chi connectivity index (χ0) is 16.2. The minimum Gasteiger partial charge on any atom is -0.337 e. The van der Waals surface area contributed by atoms with Crippen molar-refractivity contribution in [1.82, 2.24) is 5.32 Å². The summed E-state index contributed by atoms with van der Waals surface area (Å²) in [5.41, 5.74) is 1.68. The second-order valence-corrected chi connectivity index (χ2v) is 6.97. The number of nitrogens with one attached hydrogen (secondary N) is 2. The highest BCUT2D eigenvalue weighted by molar-refractivity contribution is 9.10. The van der Waals surface area contributed by atoms with Gasteiger partial charge in [0.05, 0.1) is 5.69 Å². The van der Waals surface area contributed by atoms with Gasteiger partial charge < -0.3 is 10.6 Å². The molecule has 2 amide bonds. The summed E-state index contributed by atoms with van der Waals surface area (Å²) in [6.45, 7) is 4.68. The first-order valence-corrected chi connectivity index (χ1v) is 8.11. The Labute approximate surface area is 144 Å². The van der Waals surface area contributed by atoms with Crippen molar-refractivity contribution in [1.29, 1.82) is 0 Å². The van der Waals surface area contributed by atoms with Gasteiger partial charge in [0.2, 0.25) is 0 Å². The van der Waals surface area contributed by atoms with Crippen LogP contribution < -0.4 is 10.6 Å². The van der Waals surface area contributed by atoms with E-state index in [0.29, 0.717) is 11.6 Å². The van der Waals surface area contributed by atoms with E-state index in [1.165, 1.54) is 0 Å². The van der Waals surface area contributed by atoms with Crippen LogP contribution in [0, 0.1) is 0 Å². The first-order valence-electron chi connectivity index (χ1n) is 6.94. The molecule has 0 aliphatic rings. The molecule has 0 radical (unpaired) electrons. The van der Waals surface area contributed by atoms with Crippen LogP contribution in [0.1, 0.15) is 19.4 Å². The maximum atomic E-state index is 12.0. The van der Waals surface area contributed by atoms with Crippen molar-refractivity contribution < 1.29 is 4.79 Å². The summed E-state index contributed by atoms with van der Waals surface area (Å²) < 4.78 is 0.849. The molecule has 0 aromatic heterocycles. The number of amides is 2. The minimum absolute atomic E-state index is 0.185. The summed E-state index contributed by atoms with van der Waals surface area (Å²) in [4.78, 5) is 12.0. The Hall–Kier alpha value is -1.52. The van der Waals surface area contributed by atoms with Crippen LogP contribution in [0.3, 0.4) is 0 Å². The summed E-state index contributed by atoms with van der Waals surface area (Å²) in [5.74, 6) is 0. The largest absolute Gasteiger partial charge is 0.337 e. The second-order valence-electron chi connectivity index (χ2n) is 5.68. The number of hydrogen-bond donors (Lipinski definition) is 2. The van der Waals surface area contributed by atoms with Crippen LogP contribution in [0.5, 0.6) is 0 Å². The lowest BCUT2D eigenvalue weighted by atomic mass is 9.85. The molecule has 0 saturated carbocycles. The Kier molecular flexibility index (Phi) is 5.48. The molecule has 0 atom stereocenters. The zero-order valence-electron chi connectivity index (χ0n) is 12.5. The molecule has 0 aliphatic carbocycles. The van der Waals surface area contributed by atoms with Crippen LogP contribution in [-0.4, -0.2) is 12.6 Å². The van der Waals surface area contributed by atoms with Gasteiger partial charge in [0.15, 0.2) is 0 Å². The molecule has 0 heterocycles. The number of rotatable bonds is 4. The Morgan fingerprint density at radius 1 is 1.14 bits per heavy atom. The zero-order valence-corrected chi connectivity index (χ0v) is 14.8. The molecule has 2 N–H and O–H groups in total. The smallest absolute Gasteiger partial charge is 0.319 e. The predicted molar refractivity (Wildman–Crippen MR) is 95.6 cm³/mol. The Balaban J connectivity index is 1.95. The van der Waals surface area contributed by atoms with Crippen molar-refractivity contribution in [2.75, 3.05) is 11.9 Å². The number of carbonyl (C=O) groups is 1. The van der Waals surface area contributed by atoms with E-state index in [0.717, 1.165) is 15.7 Å². The molecule has 2 rings (SSSR count). The highest BCUT2D eigenvalue weighted by Gasteiger charge is 2.21. The van der Waals surface area contributed by atoms with Gasteiger partial charge in [-0.25, -0.2) is 4.79 Å². The quantitative estimate of drug-likeness (QED) is 0.750. The lowest BCUT2D eigenvalue weighted by Gasteiger charge is -2.26. The van der Waals surface area contributed by atoms with E-state index in [-0.39, 0.29) is 11.4 Å². The third-order valence-electron chi connectivity index (χ3n) is 3.44. The van der Waals surface area contributed by atoms with E-state index < -0.39 is 0 Å². The molecule has 0 bridgehead atoms. The fraction of sp³-hybridized carbons (Fsp3) is 0.235. The number of halogens is 2. The van der Waals surface area contributed by atoms with Crippen LogP contribution in [-0.2, 0) is 5.41 Å². The number of benzene rings is 2. The van der Waals surface area contributed by atoms with Gasteiger partial charge in [-0.1, -0.05) is 49.7 Å². The third-order valence-corrected chi connectivity index (χ3v) is 4.38. The average molecular weight is 382 g/mol. The summed E-state index contributed by atoms with van der Waals surface area (Å²) in [6.07, 6.45) is 0. The van der Waals surface area contributed by atoms with E-state index in [4.69, 9.17) is 11.6 Å². The Bertz CT molecular complexity index is 656. The summed E-state index contributed by atoms with van der Waals surface area (Å²) >= 11 is 9.31. The van der Waals surface area contributed by atoms with Crippen LogP contribution in [0.4, 0.5) is 10.5 Å². The van der Waals surface area contributed by atoms with Crippen molar-refractivity contribution in [2.24, 2.45) is 0 Å². The van der Waals surface area contributed by atoms with Gasteiger partial charge >= 0.3 is 6.03 Å². The summed E-state index contributed by atoms with van der Waals surface area (Å²) in [5, 5.41) is 6.44. The van der Waals surface area contributed by atoms with Gasteiger partial charge in [-0.05, 0) is 45.8 Å². The lowest BCUT2D eigenvalue weighted by molar-refractivity contribution is 0.249. The molecular formula is C17H18BrClN2O. The maximum absolute atomic E-state index is 12.0. The molecule has 0 aliphatic heterocycles. The summed E-state index contributed by atoms with van der Waals surface area (Å²) in [6, 6.07) is 15.0. The average Bonchev–Trinajstić information content (AvgIpc) is 2.48. The third kappa shape index (κ3) is 4.49. The molecular weight excluding hydrogens is 364 g/mol. The number of hydrogen-bond acceptors (Lipinski definition) is 1. The number of anilines is 1. The normalized spacial score (nSPS) is 11.1. The Morgan fingerprint density at radius 3 is 2.41 bits per heavy atom. The van der Waals surface area contributed by atoms with E-state index in [1.54, 1.807) is 0 Å². The van der Waals surface area contributed by atoms with Crippen LogP contribution in [0.15, 0.2) is 53.0 Å². The molecule has 2 aromatic rings. The van der Waals surface area contributed by atoms with Gasteiger partial charge in [-0.15, -0.1) is 0 Å². The van der Waals surface area contributed by atoms with Crippen LogP contribution in [0.25, 0.3) is 0 Å². The lowest BCUT2D eigenvalue weighted by Crippen LogP contribution is -2.39. The van der Waals surface area contributed by atoms with Gasteiger partial charge in [0.1, 0.15) is 0 Å². The van der Waals surface area contributed by atoms with Crippen molar-refractivity contribution in [2.45, 2.75) is 19.3 Å². The van der Waals surface area contributed by atoms with Crippen LogP contribution in [0.2, 0.25) is 5.02 Å². The van der Waals surface area contributed by atoms with Crippen molar-refractivity contribution in [3.63, 3.8) is 0 Å². The molecule has 0 spiro atoms. The van der Waals surface area contributed by atoms with Gasteiger partial charge in [0, 0.05) is 21.5 Å². The molecule has 0 saturated heterocycles. The first-order chi connectivity index (χ1) is 10.4. The maximum Gasteiger partial charge on any atom is 0.319 e. The van der Waals surface area contributed by atoms with Crippen molar-refractivity contribution in [3.05, 3.63) is 63.6 Å². The van der Waals surface area contributed by atoms with Crippen molar-refractivity contribution in [3.8, 4) is 0 Å². The van der Waals surface area contributed by atoms with Gasteiger partial charge in [-0.2, -0.15) is 0 Å². The molecule has 3 nitrogen and oxygen atoms in total. The van der Waals surface area contributed by atoms with Gasteiger partial charge in [-0.3, -0.25) is 0 Å². The predicted octanol–water partition coefficient (Wildman–Crippen LogP) is 5.20. The van der Waals surface area contributed by atoms with E-state index in [2.05, 4.69) is 40.4 Å². The number of urea groups is 1. The van der Waals surface area contributed by atoms with Crippen LogP contribution >= 0.6 is 27.5 Å². The van der Waals surface area contributed by atoms with E-state index in [9.17, 15) is 4.79 Å². The monoisotopic (exact) mass is 380 g/mol. The highest BCUT2D eigenvalue weighted by atomic mass is 79.9. The first kappa shape index (κ1) is 16.8. The van der Waals surface area contributed by atoms with E-state index >= 15 is 0 Å². The summed E-state index contributed by atoms with van der Waals surface area (Å²) in [7, 11) is 0. The van der Waals surface area contributed by atoms with Gasteiger partial charge in [0.25, 0.3) is 0 Å².